The minimum Gasteiger partial charge on any atom is -0.357 e. The van der Waals surface area contributed by atoms with E-state index in [9.17, 15) is 22.4 Å². The first-order valence-electron chi connectivity index (χ1n) is 9.60. The van der Waals surface area contributed by atoms with Crippen molar-refractivity contribution < 1.29 is 22.4 Å². The first-order valence-corrected chi connectivity index (χ1v) is 9.60. The Morgan fingerprint density at radius 3 is 2.37 bits per heavy atom. The Hall–Kier alpha value is -1.63. The first kappa shape index (κ1) is 26.4. The van der Waals surface area contributed by atoms with Crippen LogP contribution >= 0.6 is 24.0 Å². The van der Waals surface area contributed by atoms with Gasteiger partial charge in [0.2, 0.25) is 0 Å². The molecule has 1 atom stereocenters. The number of rotatable bonds is 6. The summed E-state index contributed by atoms with van der Waals surface area (Å²) in [6.45, 7) is 5.59. The fourth-order valence-corrected chi connectivity index (χ4v) is 3.03. The lowest BCUT2D eigenvalue weighted by atomic mass is 10.2. The Labute approximate surface area is 191 Å². The largest absolute Gasteiger partial charge is 0.403 e. The highest BCUT2D eigenvalue weighted by Crippen LogP contribution is 2.25. The normalized spacial score (nSPS) is 16.6. The molecule has 2 N–H and O–H groups in total. The fraction of sp³-hybridized carbons (Fsp3) is 0.579. The van der Waals surface area contributed by atoms with E-state index in [0.29, 0.717) is 25.6 Å². The Bertz CT molecular complexity index is 708. The van der Waals surface area contributed by atoms with E-state index in [2.05, 4.69) is 15.6 Å². The van der Waals surface area contributed by atoms with E-state index in [1.165, 1.54) is 30.0 Å². The van der Waals surface area contributed by atoms with Gasteiger partial charge >= 0.3 is 6.18 Å². The maximum absolute atomic E-state index is 13.6. The van der Waals surface area contributed by atoms with E-state index >= 15 is 0 Å². The van der Waals surface area contributed by atoms with Gasteiger partial charge in [-0.2, -0.15) is 13.2 Å². The summed E-state index contributed by atoms with van der Waals surface area (Å²) in [6.07, 6.45) is -4.24. The number of guanidine groups is 1. The Kier molecular flexibility index (Phi) is 10.8. The van der Waals surface area contributed by atoms with Crippen molar-refractivity contribution in [2.24, 2.45) is 4.99 Å². The van der Waals surface area contributed by atoms with Crippen LogP contribution in [-0.2, 0) is 0 Å². The molecule has 0 saturated carbocycles. The van der Waals surface area contributed by atoms with Crippen LogP contribution in [0.25, 0.3) is 0 Å². The van der Waals surface area contributed by atoms with Crippen LogP contribution in [0.15, 0.2) is 29.3 Å². The van der Waals surface area contributed by atoms with Crippen molar-refractivity contribution >= 4 is 35.8 Å². The molecule has 170 valence electrons. The molecule has 1 saturated heterocycles. The van der Waals surface area contributed by atoms with Crippen LogP contribution in [0.4, 0.5) is 17.6 Å². The average Bonchev–Trinajstić information content (AvgIpc) is 2.69. The minimum atomic E-state index is -4.24. The number of alkyl halides is 3. The van der Waals surface area contributed by atoms with Crippen LogP contribution in [-0.4, -0.2) is 79.7 Å². The number of piperazine rings is 1. The smallest absolute Gasteiger partial charge is 0.357 e. The van der Waals surface area contributed by atoms with Crippen molar-refractivity contribution in [1.29, 1.82) is 0 Å². The van der Waals surface area contributed by atoms with E-state index < -0.39 is 23.9 Å². The van der Waals surface area contributed by atoms with Crippen molar-refractivity contribution in [3.8, 4) is 0 Å². The highest BCUT2D eigenvalue weighted by atomic mass is 127. The number of carbonyl (C=O) groups is 1. The molecule has 1 amide bonds. The van der Waals surface area contributed by atoms with E-state index in [-0.39, 0.29) is 55.7 Å². The van der Waals surface area contributed by atoms with Crippen LogP contribution in [0.3, 0.4) is 0 Å². The zero-order valence-electron chi connectivity index (χ0n) is 17.0. The number of halogens is 5. The maximum Gasteiger partial charge on any atom is 0.403 e. The second-order valence-electron chi connectivity index (χ2n) is 6.71. The fourth-order valence-electron chi connectivity index (χ4n) is 3.03. The summed E-state index contributed by atoms with van der Waals surface area (Å²) in [4.78, 5) is 19.7. The second-order valence-corrected chi connectivity index (χ2v) is 6.71. The van der Waals surface area contributed by atoms with Gasteiger partial charge in [0.05, 0.1) is 12.1 Å². The van der Waals surface area contributed by atoms with Crippen molar-refractivity contribution in [3.05, 3.63) is 35.6 Å². The molecule has 1 aromatic carbocycles. The predicted molar refractivity (Wildman–Crippen MR) is 119 cm³/mol. The molecule has 0 spiro atoms. The lowest BCUT2D eigenvalue weighted by Gasteiger charge is -2.39. The van der Waals surface area contributed by atoms with Gasteiger partial charge in [-0.05, 0) is 26.0 Å². The molecule has 11 heteroatoms. The highest BCUT2D eigenvalue weighted by molar-refractivity contribution is 14.0. The molecule has 6 nitrogen and oxygen atoms in total. The van der Waals surface area contributed by atoms with Gasteiger partial charge in [0.15, 0.2) is 5.96 Å². The number of benzene rings is 1. The third kappa shape index (κ3) is 7.56. The van der Waals surface area contributed by atoms with Crippen molar-refractivity contribution in [1.82, 2.24) is 20.4 Å². The molecule has 1 heterocycles. The topological polar surface area (TPSA) is 60.0 Å². The molecule has 1 fully saturated rings. The Balaban J connectivity index is 0.00000450. The van der Waals surface area contributed by atoms with Crippen molar-refractivity contribution in [2.75, 3.05) is 45.8 Å². The van der Waals surface area contributed by atoms with Crippen LogP contribution in [0.1, 0.15) is 24.2 Å². The van der Waals surface area contributed by atoms with Gasteiger partial charge in [0, 0.05) is 39.3 Å². The molecule has 0 aliphatic carbocycles. The SMILES string of the molecule is CCNC(=NCCNC(=O)c1ccccc1F)N1CCN(C(C)C(F)(F)F)CC1.I. The third-order valence-electron chi connectivity index (χ3n) is 4.75. The van der Waals surface area contributed by atoms with Gasteiger partial charge in [0.1, 0.15) is 11.9 Å². The average molecular weight is 545 g/mol. The highest BCUT2D eigenvalue weighted by Gasteiger charge is 2.41. The van der Waals surface area contributed by atoms with Crippen LogP contribution < -0.4 is 10.6 Å². The summed E-state index contributed by atoms with van der Waals surface area (Å²) in [6, 6.07) is 4.24. The zero-order valence-corrected chi connectivity index (χ0v) is 19.3. The molecule has 30 heavy (non-hydrogen) atoms. The quantitative estimate of drug-likeness (QED) is 0.190. The molecule has 0 aromatic heterocycles. The van der Waals surface area contributed by atoms with Gasteiger partial charge < -0.3 is 15.5 Å². The monoisotopic (exact) mass is 545 g/mol. The van der Waals surface area contributed by atoms with Gasteiger partial charge in [0.25, 0.3) is 5.91 Å². The van der Waals surface area contributed by atoms with Crippen molar-refractivity contribution in [2.45, 2.75) is 26.1 Å². The molecule has 1 aliphatic rings. The third-order valence-corrected chi connectivity index (χ3v) is 4.75. The molecule has 0 radical (unpaired) electrons. The van der Waals surface area contributed by atoms with Crippen LogP contribution in [0, 0.1) is 5.82 Å². The van der Waals surface area contributed by atoms with Crippen LogP contribution in [0.2, 0.25) is 0 Å². The summed E-state index contributed by atoms with van der Waals surface area (Å²) in [5.74, 6) is -0.516. The molecule has 1 aromatic rings. The molecular weight excluding hydrogens is 517 g/mol. The summed E-state index contributed by atoms with van der Waals surface area (Å²) in [5, 5.41) is 5.73. The molecule has 0 bridgehead atoms. The van der Waals surface area contributed by atoms with Gasteiger partial charge in [-0.1, -0.05) is 12.1 Å². The van der Waals surface area contributed by atoms with Gasteiger partial charge in [-0.25, -0.2) is 4.39 Å². The number of nitrogens with one attached hydrogen (secondary N) is 2. The number of nitrogens with zero attached hydrogens (tertiary/aromatic N) is 3. The molecule has 2 rings (SSSR count). The standard InChI is InChI=1S/C19H27F4N5O.HI/c1-3-24-18(28-12-10-27(11-13-28)14(2)19(21,22)23)26-9-8-25-17(29)15-6-4-5-7-16(15)20;/h4-7,14H,3,8-13H2,1-2H3,(H,24,26)(H,25,29);1H. The van der Waals surface area contributed by atoms with E-state index in [1.807, 2.05) is 11.8 Å². The van der Waals surface area contributed by atoms with Gasteiger partial charge in [-0.3, -0.25) is 14.7 Å². The lowest BCUT2D eigenvalue weighted by molar-refractivity contribution is -0.181. The Morgan fingerprint density at radius 1 is 1.17 bits per heavy atom. The lowest BCUT2D eigenvalue weighted by Crippen LogP contribution is -2.56. The zero-order chi connectivity index (χ0) is 21.4. The first-order chi connectivity index (χ1) is 13.7. The summed E-state index contributed by atoms with van der Waals surface area (Å²) in [5.41, 5.74) is -0.0294. The van der Waals surface area contributed by atoms with Crippen LogP contribution in [0.5, 0.6) is 0 Å². The number of amides is 1. The van der Waals surface area contributed by atoms with E-state index in [0.717, 1.165) is 0 Å². The van der Waals surface area contributed by atoms with Crippen molar-refractivity contribution in [3.63, 3.8) is 0 Å². The van der Waals surface area contributed by atoms with E-state index in [1.54, 1.807) is 6.07 Å². The number of hydrogen-bond donors (Lipinski definition) is 2. The molecular formula is C19H28F4IN5O. The Morgan fingerprint density at radius 2 is 1.80 bits per heavy atom. The predicted octanol–water partition coefficient (Wildman–Crippen LogP) is 2.71. The summed E-state index contributed by atoms with van der Waals surface area (Å²) in [7, 11) is 0. The molecule has 1 aliphatic heterocycles. The summed E-state index contributed by atoms with van der Waals surface area (Å²) >= 11 is 0. The number of hydrogen-bond acceptors (Lipinski definition) is 3. The summed E-state index contributed by atoms with van der Waals surface area (Å²) < 4.78 is 52.2. The maximum atomic E-state index is 13.6. The number of aliphatic imine (C=N–C) groups is 1. The van der Waals surface area contributed by atoms with E-state index in [4.69, 9.17) is 0 Å². The number of carbonyl (C=O) groups excluding carboxylic acids is 1. The second kappa shape index (κ2) is 12.3. The minimum absolute atomic E-state index is 0. The molecule has 1 unspecified atom stereocenters. The van der Waals surface area contributed by atoms with Gasteiger partial charge in [-0.15, -0.1) is 24.0 Å².